The summed E-state index contributed by atoms with van der Waals surface area (Å²) in [6.45, 7) is 4.19. The van der Waals surface area contributed by atoms with Crippen LogP contribution in [-0.2, 0) is 17.6 Å². The van der Waals surface area contributed by atoms with Crippen LogP contribution in [0.15, 0.2) is 18.2 Å². The van der Waals surface area contributed by atoms with Gasteiger partial charge < -0.3 is 9.53 Å². The molecule has 1 aliphatic heterocycles. The predicted octanol–water partition coefficient (Wildman–Crippen LogP) is 2.53. The molecule has 0 aromatic heterocycles. The molecule has 0 amide bonds. The van der Waals surface area contributed by atoms with E-state index in [2.05, 4.69) is 32.0 Å². The SMILES string of the molecule is CC1(C)Cc2ccc(CCC=O)cc2O1. The van der Waals surface area contributed by atoms with E-state index in [4.69, 9.17) is 4.74 Å². The van der Waals surface area contributed by atoms with Gasteiger partial charge in [-0.15, -0.1) is 0 Å². The number of hydrogen-bond donors (Lipinski definition) is 0. The van der Waals surface area contributed by atoms with E-state index in [0.29, 0.717) is 6.42 Å². The van der Waals surface area contributed by atoms with Crippen LogP contribution in [0.4, 0.5) is 0 Å². The maximum atomic E-state index is 10.3. The largest absolute Gasteiger partial charge is 0.487 e. The third-order valence-electron chi connectivity index (χ3n) is 2.68. The summed E-state index contributed by atoms with van der Waals surface area (Å²) in [5.41, 5.74) is 2.37. The molecule has 2 rings (SSSR count). The third-order valence-corrected chi connectivity index (χ3v) is 2.68. The zero-order valence-corrected chi connectivity index (χ0v) is 9.25. The molecule has 0 saturated heterocycles. The van der Waals surface area contributed by atoms with E-state index in [1.807, 2.05) is 0 Å². The van der Waals surface area contributed by atoms with Crippen LogP contribution in [0, 0.1) is 0 Å². The molecule has 1 aliphatic rings. The monoisotopic (exact) mass is 204 g/mol. The second kappa shape index (κ2) is 3.69. The molecule has 2 nitrogen and oxygen atoms in total. The van der Waals surface area contributed by atoms with Crippen molar-refractivity contribution in [2.75, 3.05) is 0 Å². The van der Waals surface area contributed by atoms with Crippen molar-refractivity contribution < 1.29 is 9.53 Å². The summed E-state index contributed by atoms with van der Waals surface area (Å²) >= 11 is 0. The van der Waals surface area contributed by atoms with Crippen LogP contribution in [0.3, 0.4) is 0 Å². The van der Waals surface area contributed by atoms with Gasteiger partial charge in [0.15, 0.2) is 0 Å². The van der Waals surface area contributed by atoms with Crippen molar-refractivity contribution >= 4 is 6.29 Å². The highest BCUT2D eigenvalue weighted by molar-refractivity contribution is 5.50. The average molecular weight is 204 g/mol. The van der Waals surface area contributed by atoms with Gasteiger partial charge in [-0.25, -0.2) is 0 Å². The summed E-state index contributed by atoms with van der Waals surface area (Å²) in [6, 6.07) is 6.27. The Morgan fingerprint density at radius 2 is 2.27 bits per heavy atom. The molecule has 0 N–H and O–H groups in total. The van der Waals surface area contributed by atoms with Gasteiger partial charge in [0.05, 0.1) is 0 Å². The molecule has 0 fully saturated rings. The lowest BCUT2D eigenvalue weighted by Crippen LogP contribution is -2.24. The van der Waals surface area contributed by atoms with Crippen LogP contribution < -0.4 is 4.74 Å². The highest BCUT2D eigenvalue weighted by Gasteiger charge is 2.29. The molecule has 0 radical (unpaired) electrons. The lowest BCUT2D eigenvalue weighted by Gasteiger charge is -2.16. The number of carbonyl (C=O) groups is 1. The van der Waals surface area contributed by atoms with E-state index < -0.39 is 0 Å². The van der Waals surface area contributed by atoms with Gasteiger partial charge in [0.2, 0.25) is 0 Å². The molecule has 0 spiro atoms. The summed E-state index contributed by atoms with van der Waals surface area (Å²) in [5, 5.41) is 0. The van der Waals surface area contributed by atoms with E-state index in [1.54, 1.807) is 0 Å². The standard InChI is InChI=1S/C13H16O2/c1-13(2)9-11-6-5-10(4-3-7-14)8-12(11)15-13/h5-8H,3-4,9H2,1-2H3. The summed E-state index contributed by atoms with van der Waals surface area (Å²) < 4.78 is 5.83. The number of aryl methyl sites for hydroxylation is 1. The van der Waals surface area contributed by atoms with Gasteiger partial charge in [-0.2, -0.15) is 0 Å². The van der Waals surface area contributed by atoms with E-state index in [9.17, 15) is 4.79 Å². The van der Waals surface area contributed by atoms with Crippen LogP contribution in [-0.4, -0.2) is 11.9 Å². The summed E-state index contributed by atoms with van der Waals surface area (Å²) in [6.07, 6.45) is 3.32. The highest BCUT2D eigenvalue weighted by Crippen LogP contribution is 2.35. The van der Waals surface area contributed by atoms with Gasteiger partial charge in [-0.3, -0.25) is 0 Å². The minimum absolute atomic E-state index is 0.0778. The van der Waals surface area contributed by atoms with Crippen molar-refractivity contribution in [1.29, 1.82) is 0 Å². The molecule has 0 unspecified atom stereocenters. The summed E-state index contributed by atoms with van der Waals surface area (Å²) in [5.74, 6) is 0.989. The molecule has 1 aromatic carbocycles. The number of hydrogen-bond acceptors (Lipinski definition) is 2. The molecule has 1 aromatic rings. The zero-order chi connectivity index (χ0) is 10.9. The Morgan fingerprint density at radius 1 is 1.47 bits per heavy atom. The highest BCUT2D eigenvalue weighted by atomic mass is 16.5. The molecular weight excluding hydrogens is 188 g/mol. The Hall–Kier alpha value is -1.31. The van der Waals surface area contributed by atoms with Gasteiger partial charge in [-0.05, 0) is 37.5 Å². The Labute approximate surface area is 90.3 Å². The second-order valence-corrected chi connectivity index (χ2v) is 4.69. The third kappa shape index (κ3) is 2.20. The van der Waals surface area contributed by atoms with Gasteiger partial charge in [0.25, 0.3) is 0 Å². The number of rotatable bonds is 3. The quantitative estimate of drug-likeness (QED) is 0.707. The molecule has 2 heteroatoms. The number of benzene rings is 1. The number of aldehydes is 1. The Morgan fingerprint density at radius 3 is 3.00 bits per heavy atom. The average Bonchev–Trinajstić information content (AvgIpc) is 2.47. The van der Waals surface area contributed by atoms with Crippen molar-refractivity contribution in [3.63, 3.8) is 0 Å². The number of ether oxygens (including phenoxy) is 1. The molecule has 0 bridgehead atoms. The van der Waals surface area contributed by atoms with E-state index in [1.165, 1.54) is 11.1 Å². The molecule has 80 valence electrons. The smallest absolute Gasteiger partial charge is 0.123 e. The molecule has 0 saturated carbocycles. The van der Waals surface area contributed by atoms with Crippen LogP contribution in [0.1, 0.15) is 31.4 Å². The number of fused-ring (bicyclic) bond motifs is 1. The Balaban J connectivity index is 2.18. The van der Waals surface area contributed by atoms with E-state index in [-0.39, 0.29) is 5.60 Å². The fourth-order valence-corrected chi connectivity index (χ4v) is 2.01. The lowest BCUT2D eigenvalue weighted by atomic mass is 10.00. The van der Waals surface area contributed by atoms with Crippen LogP contribution in [0.5, 0.6) is 5.75 Å². The minimum atomic E-state index is -0.0778. The minimum Gasteiger partial charge on any atom is -0.487 e. The maximum Gasteiger partial charge on any atom is 0.123 e. The molecular formula is C13H16O2. The first-order valence-electron chi connectivity index (χ1n) is 5.35. The van der Waals surface area contributed by atoms with Gasteiger partial charge >= 0.3 is 0 Å². The lowest BCUT2D eigenvalue weighted by molar-refractivity contribution is -0.107. The van der Waals surface area contributed by atoms with E-state index >= 15 is 0 Å². The first kappa shape index (κ1) is 10.2. The fourth-order valence-electron chi connectivity index (χ4n) is 2.01. The normalized spacial score (nSPS) is 16.9. The van der Waals surface area contributed by atoms with Gasteiger partial charge in [0.1, 0.15) is 17.6 Å². The fraction of sp³-hybridized carbons (Fsp3) is 0.462. The van der Waals surface area contributed by atoms with Crippen molar-refractivity contribution in [2.24, 2.45) is 0 Å². The van der Waals surface area contributed by atoms with Crippen molar-refractivity contribution in [2.45, 2.75) is 38.7 Å². The van der Waals surface area contributed by atoms with Crippen LogP contribution in [0.2, 0.25) is 0 Å². The van der Waals surface area contributed by atoms with Crippen molar-refractivity contribution in [1.82, 2.24) is 0 Å². The van der Waals surface area contributed by atoms with Crippen molar-refractivity contribution in [3.8, 4) is 5.75 Å². The Bertz CT molecular complexity index is 380. The second-order valence-electron chi connectivity index (χ2n) is 4.69. The molecule has 0 aliphatic carbocycles. The van der Waals surface area contributed by atoms with E-state index in [0.717, 1.165) is 24.9 Å². The molecule has 15 heavy (non-hydrogen) atoms. The molecule has 1 heterocycles. The first-order valence-corrected chi connectivity index (χ1v) is 5.35. The predicted molar refractivity (Wildman–Crippen MR) is 59.2 cm³/mol. The Kier molecular flexibility index (Phi) is 2.51. The first-order chi connectivity index (χ1) is 7.11. The van der Waals surface area contributed by atoms with Crippen LogP contribution in [0.25, 0.3) is 0 Å². The van der Waals surface area contributed by atoms with Gasteiger partial charge in [-0.1, -0.05) is 12.1 Å². The van der Waals surface area contributed by atoms with Crippen LogP contribution >= 0.6 is 0 Å². The summed E-state index contributed by atoms with van der Waals surface area (Å²) in [7, 11) is 0. The zero-order valence-electron chi connectivity index (χ0n) is 9.25. The van der Waals surface area contributed by atoms with Gasteiger partial charge in [0, 0.05) is 12.8 Å². The topological polar surface area (TPSA) is 26.3 Å². The molecule has 0 atom stereocenters. The maximum absolute atomic E-state index is 10.3. The summed E-state index contributed by atoms with van der Waals surface area (Å²) in [4.78, 5) is 10.3. The number of carbonyl (C=O) groups excluding carboxylic acids is 1. The van der Waals surface area contributed by atoms with Crippen molar-refractivity contribution in [3.05, 3.63) is 29.3 Å².